The maximum atomic E-state index is 13.7. The van der Waals surface area contributed by atoms with Crippen molar-refractivity contribution in [1.29, 1.82) is 0 Å². The fourth-order valence-corrected chi connectivity index (χ4v) is 2.73. The van der Waals surface area contributed by atoms with E-state index >= 15 is 0 Å². The summed E-state index contributed by atoms with van der Waals surface area (Å²) in [5.41, 5.74) is 5.55. The van der Waals surface area contributed by atoms with Crippen LogP contribution in [0.2, 0.25) is 0 Å². The fraction of sp³-hybridized carbons (Fsp3) is 0.538. The van der Waals surface area contributed by atoms with Crippen LogP contribution >= 0.6 is 0 Å². The number of benzene rings is 1. The van der Waals surface area contributed by atoms with Gasteiger partial charge in [-0.05, 0) is 44.4 Å². The van der Waals surface area contributed by atoms with Crippen LogP contribution in [0, 0.1) is 15.9 Å². The Kier molecular flexibility index (Phi) is 4.31. The SMILES string of the molecule is NCCC1CCCCN1c1cccc(F)c1[N+](=O)[O-]. The Bertz CT molecular complexity index is 465. The summed E-state index contributed by atoms with van der Waals surface area (Å²) in [5.74, 6) is -0.778. The summed E-state index contributed by atoms with van der Waals surface area (Å²) < 4.78 is 13.7. The Morgan fingerprint density at radius 3 is 2.95 bits per heavy atom. The Morgan fingerprint density at radius 1 is 1.47 bits per heavy atom. The molecule has 1 unspecified atom stereocenters. The first kappa shape index (κ1) is 13.7. The number of piperidine rings is 1. The van der Waals surface area contributed by atoms with Crippen molar-refractivity contribution in [3.8, 4) is 0 Å². The first-order valence-corrected chi connectivity index (χ1v) is 6.54. The molecule has 1 fully saturated rings. The minimum absolute atomic E-state index is 0.166. The molecule has 1 aliphatic rings. The number of nitro benzene ring substituents is 1. The lowest BCUT2D eigenvalue weighted by Crippen LogP contribution is -2.41. The lowest BCUT2D eigenvalue weighted by atomic mass is 9.98. The van der Waals surface area contributed by atoms with E-state index < -0.39 is 16.4 Å². The second kappa shape index (κ2) is 5.97. The average molecular weight is 267 g/mol. The van der Waals surface area contributed by atoms with Crippen LogP contribution in [-0.2, 0) is 0 Å². The molecule has 1 aromatic rings. The van der Waals surface area contributed by atoms with E-state index in [2.05, 4.69) is 0 Å². The second-order valence-electron chi connectivity index (χ2n) is 4.79. The molecule has 2 rings (SSSR count). The molecular formula is C13H18FN3O2. The number of rotatable bonds is 4. The summed E-state index contributed by atoms with van der Waals surface area (Å²) in [6.45, 7) is 1.25. The largest absolute Gasteiger partial charge is 0.363 e. The van der Waals surface area contributed by atoms with Gasteiger partial charge in [0.2, 0.25) is 5.82 Å². The van der Waals surface area contributed by atoms with Gasteiger partial charge in [0.25, 0.3) is 0 Å². The van der Waals surface area contributed by atoms with Gasteiger partial charge in [-0.3, -0.25) is 10.1 Å². The minimum atomic E-state index is -0.778. The standard InChI is InChI=1S/C13H18FN3O2/c14-11-5-3-6-12(13(11)17(18)19)16-9-2-1-4-10(16)7-8-15/h3,5-6,10H,1-2,4,7-9,15H2. The number of hydrogen-bond acceptors (Lipinski definition) is 4. The van der Waals surface area contributed by atoms with Crippen LogP contribution in [0.25, 0.3) is 0 Å². The van der Waals surface area contributed by atoms with Crippen LogP contribution < -0.4 is 10.6 Å². The molecule has 2 N–H and O–H groups in total. The normalized spacial score (nSPS) is 19.5. The molecule has 1 saturated heterocycles. The zero-order valence-corrected chi connectivity index (χ0v) is 10.7. The first-order chi connectivity index (χ1) is 9.15. The zero-order valence-electron chi connectivity index (χ0n) is 10.7. The van der Waals surface area contributed by atoms with E-state index in [0.29, 0.717) is 12.2 Å². The highest BCUT2D eigenvalue weighted by Crippen LogP contribution is 2.35. The number of hydrogen-bond donors (Lipinski definition) is 1. The van der Waals surface area contributed by atoms with E-state index in [9.17, 15) is 14.5 Å². The van der Waals surface area contributed by atoms with Crippen molar-refractivity contribution in [2.24, 2.45) is 5.73 Å². The van der Waals surface area contributed by atoms with Crippen molar-refractivity contribution in [3.63, 3.8) is 0 Å². The number of halogens is 1. The van der Waals surface area contributed by atoms with E-state index in [1.165, 1.54) is 6.07 Å². The number of nitrogens with two attached hydrogens (primary N) is 1. The molecule has 6 heteroatoms. The Labute approximate surface area is 111 Å². The van der Waals surface area contributed by atoms with Crippen molar-refractivity contribution in [1.82, 2.24) is 0 Å². The molecule has 0 aromatic heterocycles. The smallest absolute Gasteiger partial charge is 0.327 e. The molecule has 1 atom stereocenters. The highest BCUT2D eigenvalue weighted by molar-refractivity contribution is 5.64. The lowest BCUT2D eigenvalue weighted by Gasteiger charge is -2.37. The molecule has 1 aromatic carbocycles. The fourth-order valence-electron chi connectivity index (χ4n) is 2.73. The topological polar surface area (TPSA) is 72.4 Å². The molecular weight excluding hydrogens is 249 g/mol. The maximum Gasteiger partial charge on any atom is 0.327 e. The molecule has 1 aliphatic heterocycles. The van der Waals surface area contributed by atoms with Crippen LogP contribution in [0.4, 0.5) is 15.8 Å². The van der Waals surface area contributed by atoms with Crippen molar-refractivity contribution >= 4 is 11.4 Å². The third-order valence-corrected chi connectivity index (χ3v) is 3.58. The highest BCUT2D eigenvalue weighted by Gasteiger charge is 2.29. The van der Waals surface area contributed by atoms with Gasteiger partial charge in [-0.15, -0.1) is 0 Å². The summed E-state index contributed by atoms with van der Waals surface area (Å²) >= 11 is 0. The average Bonchev–Trinajstić information content (AvgIpc) is 2.39. The van der Waals surface area contributed by atoms with E-state index in [-0.39, 0.29) is 6.04 Å². The Balaban J connectivity index is 2.38. The Morgan fingerprint density at radius 2 is 2.26 bits per heavy atom. The van der Waals surface area contributed by atoms with Gasteiger partial charge in [0.1, 0.15) is 5.69 Å². The predicted molar refractivity (Wildman–Crippen MR) is 71.7 cm³/mol. The molecule has 0 spiro atoms. The number of nitrogens with zero attached hydrogens (tertiary/aromatic N) is 2. The second-order valence-corrected chi connectivity index (χ2v) is 4.79. The predicted octanol–water partition coefficient (Wildman–Crippen LogP) is 2.44. The third-order valence-electron chi connectivity index (χ3n) is 3.58. The molecule has 0 amide bonds. The molecule has 104 valence electrons. The Hall–Kier alpha value is -1.69. The zero-order chi connectivity index (χ0) is 13.8. The van der Waals surface area contributed by atoms with Gasteiger partial charge < -0.3 is 10.6 Å². The summed E-state index contributed by atoms with van der Waals surface area (Å²) in [7, 11) is 0. The molecule has 19 heavy (non-hydrogen) atoms. The monoisotopic (exact) mass is 267 g/mol. The van der Waals surface area contributed by atoms with Gasteiger partial charge in [0.15, 0.2) is 0 Å². The van der Waals surface area contributed by atoms with Crippen LogP contribution in [0.3, 0.4) is 0 Å². The summed E-state index contributed by atoms with van der Waals surface area (Å²) in [5, 5.41) is 11.1. The van der Waals surface area contributed by atoms with Gasteiger partial charge >= 0.3 is 5.69 Å². The molecule has 0 saturated carbocycles. The van der Waals surface area contributed by atoms with E-state index in [1.807, 2.05) is 4.90 Å². The molecule has 1 heterocycles. The summed E-state index contributed by atoms with van der Waals surface area (Å²) in [4.78, 5) is 12.4. The molecule has 0 bridgehead atoms. The molecule has 0 radical (unpaired) electrons. The van der Waals surface area contributed by atoms with E-state index in [0.717, 1.165) is 38.3 Å². The quantitative estimate of drug-likeness (QED) is 0.671. The van der Waals surface area contributed by atoms with Crippen LogP contribution in [0.5, 0.6) is 0 Å². The molecule has 5 nitrogen and oxygen atoms in total. The number of para-hydroxylation sites is 1. The van der Waals surface area contributed by atoms with Crippen LogP contribution in [0.1, 0.15) is 25.7 Å². The van der Waals surface area contributed by atoms with Gasteiger partial charge in [0.05, 0.1) is 4.92 Å². The van der Waals surface area contributed by atoms with Crippen molar-refractivity contribution in [2.45, 2.75) is 31.7 Å². The van der Waals surface area contributed by atoms with Gasteiger partial charge in [-0.1, -0.05) is 6.07 Å². The lowest BCUT2D eigenvalue weighted by molar-refractivity contribution is -0.386. The van der Waals surface area contributed by atoms with Crippen LogP contribution in [0.15, 0.2) is 18.2 Å². The van der Waals surface area contributed by atoms with Crippen molar-refractivity contribution in [2.75, 3.05) is 18.0 Å². The highest BCUT2D eigenvalue weighted by atomic mass is 19.1. The van der Waals surface area contributed by atoms with Gasteiger partial charge in [0, 0.05) is 12.6 Å². The van der Waals surface area contributed by atoms with Crippen molar-refractivity contribution < 1.29 is 9.31 Å². The van der Waals surface area contributed by atoms with Crippen molar-refractivity contribution in [3.05, 3.63) is 34.1 Å². The van der Waals surface area contributed by atoms with E-state index in [4.69, 9.17) is 5.73 Å². The van der Waals surface area contributed by atoms with Crippen LogP contribution in [-0.4, -0.2) is 24.1 Å². The molecule has 0 aliphatic carbocycles. The maximum absolute atomic E-state index is 13.7. The number of anilines is 1. The summed E-state index contributed by atoms with van der Waals surface area (Å²) in [6, 6.07) is 4.44. The minimum Gasteiger partial charge on any atom is -0.363 e. The van der Waals surface area contributed by atoms with E-state index in [1.54, 1.807) is 6.07 Å². The van der Waals surface area contributed by atoms with Gasteiger partial charge in [-0.2, -0.15) is 4.39 Å². The summed E-state index contributed by atoms with van der Waals surface area (Å²) in [6.07, 6.45) is 3.78. The third kappa shape index (κ3) is 2.84. The number of nitro groups is 1. The van der Waals surface area contributed by atoms with Gasteiger partial charge in [-0.25, -0.2) is 0 Å². The first-order valence-electron chi connectivity index (χ1n) is 6.54.